The third-order valence-corrected chi connectivity index (χ3v) is 1.77. The molecule has 1 aliphatic rings. The Morgan fingerprint density at radius 2 is 2.57 bits per heavy atom. The van der Waals surface area contributed by atoms with Gasteiger partial charge in [-0.25, -0.2) is 0 Å². The largest absolute Gasteiger partial charge is 0.106 e. The SMILES string of the molecule is CC1=CSC=CC1. The lowest BCUT2D eigenvalue weighted by molar-refractivity contribution is 1.22. The summed E-state index contributed by atoms with van der Waals surface area (Å²) in [4.78, 5) is 0. The summed E-state index contributed by atoms with van der Waals surface area (Å²) in [6.07, 6.45) is 3.33. The number of thioether (sulfide) groups is 1. The summed E-state index contributed by atoms with van der Waals surface area (Å²) >= 11 is 1.76. The molecule has 0 saturated carbocycles. The Labute approximate surface area is 48.3 Å². The van der Waals surface area contributed by atoms with Gasteiger partial charge >= 0.3 is 0 Å². The van der Waals surface area contributed by atoms with Crippen molar-refractivity contribution in [1.29, 1.82) is 0 Å². The highest BCUT2D eigenvalue weighted by molar-refractivity contribution is 8.04. The maximum Gasteiger partial charge on any atom is -0.0125 e. The molecule has 1 heteroatoms. The van der Waals surface area contributed by atoms with E-state index in [1.807, 2.05) is 0 Å². The summed E-state index contributed by atoms with van der Waals surface area (Å²) in [6, 6.07) is 0. The van der Waals surface area contributed by atoms with Crippen molar-refractivity contribution < 1.29 is 0 Å². The zero-order valence-corrected chi connectivity index (χ0v) is 5.16. The summed E-state index contributed by atoms with van der Waals surface area (Å²) in [5.41, 5.74) is 1.47. The Balaban J connectivity index is 2.50. The van der Waals surface area contributed by atoms with Gasteiger partial charge in [0, 0.05) is 0 Å². The van der Waals surface area contributed by atoms with E-state index in [1.165, 1.54) is 5.57 Å². The molecule has 0 bridgehead atoms. The molecule has 0 radical (unpaired) electrons. The molecule has 0 fully saturated rings. The van der Waals surface area contributed by atoms with Gasteiger partial charge in [0.15, 0.2) is 0 Å². The first-order chi connectivity index (χ1) is 3.39. The normalized spacial score (nSPS) is 19.3. The lowest BCUT2D eigenvalue weighted by Gasteiger charge is -1.97. The van der Waals surface area contributed by atoms with Gasteiger partial charge in [-0.15, -0.1) is 11.8 Å². The molecule has 1 heterocycles. The molecule has 0 N–H and O–H groups in total. The van der Waals surface area contributed by atoms with Crippen LogP contribution < -0.4 is 0 Å². The Bertz CT molecular complexity index is 111. The second-order valence-electron chi connectivity index (χ2n) is 1.68. The molecular formula is C6H8S. The van der Waals surface area contributed by atoms with Crippen molar-refractivity contribution in [3.05, 3.63) is 22.5 Å². The van der Waals surface area contributed by atoms with Gasteiger partial charge in [0.25, 0.3) is 0 Å². The van der Waals surface area contributed by atoms with Gasteiger partial charge in [-0.3, -0.25) is 0 Å². The molecule has 0 nitrogen and oxygen atoms in total. The van der Waals surface area contributed by atoms with Crippen molar-refractivity contribution >= 4 is 11.8 Å². The maximum absolute atomic E-state index is 2.18. The highest BCUT2D eigenvalue weighted by atomic mass is 32.2. The summed E-state index contributed by atoms with van der Waals surface area (Å²) in [5, 5.41) is 4.30. The molecular weight excluding hydrogens is 104 g/mol. The van der Waals surface area contributed by atoms with Crippen LogP contribution in [0.1, 0.15) is 13.3 Å². The molecule has 0 atom stereocenters. The zero-order valence-electron chi connectivity index (χ0n) is 4.35. The van der Waals surface area contributed by atoms with E-state index in [9.17, 15) is 0 Å². The third-order valence-electron chi connectivity index (χ3n) is 0.884. The van der Waals surface area contributed by atoms with E-state index in [1.54, 1.807) is 11.8 Å². The topological polar surface area (TPSA) is 0 Å². The van der Waals surface area contributed by atoms with Gasteiger partial charge in [0.1, 0.15) is 0 Å². The van der Waals surface area contributed by atoms with Crippen LogP contribution in [0.3, 0.4) is 0 Å². The summed E-state index contributed by atoms with van der Waals surface area (Å²) in [7, 11) is 0. The van der Waals surface area contributed by atoms with Crippen LogP contribution in [0.2, 0.25) is 0 Å². The van der Waals surface area contributed by atoms with Crippen LogP contribution in [0, 0.1) is 0 Å². The van der Waals surface area contributed by atoms with Gasteiger partial charge in [0.2, 0.25) is 0 Å². The van der Waals surface area contributed by atoms with Crippen LogP contribution in [0.5, 0.6) is 0 Å². The first-order valence-corrected chi connectivity index (χ1v) is 3.30. The maximum atomic E-state index is 2.18. The summed E-state index contributed by atoms with van der Waals surface area (Å²) < 4.78 is 0. The lowest BCUT2D eigenvalue weighted by Crippen LogP contribution is -1.72. The predicted octanol–water partition coefficient (Wildman–Crippen LogP) is 2.54. The van der Waals surface area contributed by atoms with Crippen LogP contribution in [0.25, 0.3) is 0 Å². The van der Waals surface area contributed by atoms with Crippen molar-refractivity contribution in [2.45, 2.75) is 13.3 Å². The first-order valence-electron chi connectivity index (χ1n) is 2.36. The summed E-state index contributed by atoms with van der Waals surface area (Å²) in [6.45, 7) is 2.15. The lowest BCUT2D eigenvalue weighted by atomic mass is 10.2. The van der Waals surface area contributed by atoms with E-state index >= 15 is 0 Å². The van der Waals surface area contributed by atoms with Crippen LogP contribution in [0.4, 0.5) is 0 Å². The smallest absolute Gasteiger partial charge is 0.0125 e. The Hall–Kier alpha value is -0.170. The molecule has 0 saturated heterocycles. The van der Waals surface area contributed by atoms with Crippen LogP contribution in [-0.4, -0.2) is 0 Å². The van der Waals surface area contributed by atoms with E-state index in [2.05, 4.69) is 23.8 Å². The van der Waals surface area contributed by atoms with Crippen molar-refractivity contribution in [1.82, 2.24) is 0 Å². The minimum atomic E-state index is 1.15. The first kappa shape index (κ1) is 4.98. The van der Waals surface area contributed by atoms with Crippen molar-refractivity contribution in [2.24, 2.45) is 0 Å². The van der Waals surface area contributed by atoms with Gasteiger partial charge in [-0.2, -0.15) is 0 Å². The van der Waals surface area contributed by atoms with E-state index in [0.29, 0.717) is 0 Å². The number of rotatable bonds is 0. The second kappa shape index (κ2) is 2.22. The van der Waals surface area contributed by atoms with Crippen molar-refractivity contribution in [3.63, 3.8) is 0 Å². The fourth-order valence-electron chi connectivity index (χ4n) is 0.493. The molecule has 1 rings (SSSR count). The second-order valence-corrected chi connectivity index (χ2v) is 2.46. The Kier molecular flexibility index (Phi) is 1.58. The van der Waals surface area contributed by atoms with E-state index < -0.39 is 0 Å². The predicted molar refractivity (Wildman–Crippen MR) is 35.1 cm³/mol. The van der Waals surface area contributed by atoms with E-state index in [4.69, 9.17) is 0 Å². The molecule has 0 unspecified atom stereocenters. The van der Waals surface area contributed by atoms with Crippen LogP contribution in [-0.2, 0) is 0 Å². The highest BCUT2D eigenvalue weighted by Crippen LogP contribution is 2.17. The molecule has 7 heavy (non-hydrogen) atoms. The average Bonchev–Trinajstić information content (AvgIpc) is 1.69. The minimum absolute atomic E-state index is 1.15. The average molecular weight is 112 g/mol. The zero-order chi connectivity index (χ0) is 5.11. The van der Waals surface area contributed by atoms with Crippen LogP contribution >= 0.6 is 11.8 Å². The van der Waals surface area contributed by atoms with Crippen molar-refractivity contribution in [3.8, 4) is 0 Å². The minimum Gasteiger partial charge on any atom is -0.106 e. The molecule has 0 aromatic heterocycles. The Morgan fingerprint density at radius 1 is 1.71 bits per heavy atom. The molecule has 0 spiro atoms. The fraction of sp³-hybridized carbons (Fsp3) is 0.333. The fourth-order valence-corrected chi connectivity index (χ4v) is 1.11. The highest BCUT2D eigenvalue weighted by Gasteiger charge is 1.87. The molecule has 38 valence electrons. The molecule has 0 amide bonds. The number of hydrogen-bond donors (Lipinski definition) is 0. The van der Waals surface area contributed by atoms with Crippen molar-refractivity contribution in [2.75, 3.05) is 0 Å². The monoisotopic (exact) mass is 112 g/mol. The van der Waals surface area contributed by atoms with Gasteiger partial charge < -0.3 is 0 Å². The van der Waals surface area contributed by atoms with Gasteiger partial charge in [-0.05, 0) is 24.2 Å². The van der Waals surface area contributed by atoms with Gasteiger partial charge in [-0.1, -0.05) is 11.6 Å². The van der Waals surface area contributed by atoms with Gasteiger partial charge in [0.05, 0.1) is 0 Å². The van der Waals surface area contributed by atoms with Crippen LogP contribution in [0.15, 0.2) is 22.5 Å². The van der Waals surface area contributed by atoms with E-state index in [0.717, 1.165) is 6.42 Å². The molecule has 0 aromatic carbocycles. The molecule has 1 aliphatic heterocycles. The Morgan fingerprint density at radius 3 is 2.86 bits per heavy atom. The molecule has 0 aromatic rings. The quantitative estimate of drug-likeness (QED) is 0.464. The number of hydrogen-bond acceptors (Lipinski definition) is 1. The van der Waals surface area contributed by atoms with E-state index in [-0.39, 0.29) is 0 Å². The third kappa shape index (κ3) is 1.39. The summed E-state index contributed by atoms with van der Waals surface area (Å²) in [5.74, 6) is 0. The standard InChI is InChI=1S/C6H8S/c1-6-3-2-4-7-5-6/h2,4-5H,3H2,1H3. The molecule has 0 aliphatic carbocycles. The number of allylic oxidation sites excluding steroid dienone is 2.